The van der Waals surface area contributed by atoms with Crippen LogP contribution in [0.3, 0.4) is 0 Å². The second-order valence-electron chi connectivity index (χ2n) is 6.45. The average Bonchev–Trinajstić information content (AvgIpc) is 2.77. The van der Waals surface area contributed by atoms with Crippen molar-refractivity contribution >= 4 is 18.3 Å². The second kappa shape index (κ2) is 7.42. The summed E-state index contributed by atoms with van der Waals surface area (Å²) in [5, 5.41) is 3.59. The molecule has 1 aromatic carbocycles. The Morgan fingerprint density at radius 3 is 2.91 bits per heavy atom. The fraction of sp³-hybridized carbons (Fsp3) is 0.588. The molecular formula is C17H24ClFN2O. The van der Waals surface area contributed by atoms with E-state index in [1.54, 1.807) is 6.07 Å². The van der Waals surface area contributed by atoms with Gasteiger partial charge in [-0.2, -0.15) is 0 Å². The van der Waals surface area contributed by atoms with E-state index >= 15 is 0 Å². The van der Waals surface area contributed by atoms with Crippen LogP contribution in [0.15, 0.2) is 24.3 Å². The quantitative estimate of drug-likeness (QED) is 0.926. The molecule has 0 aromatic heterocycles. The van der Waals surface area contributed by atoms with E-state index in [1.807, 2.05) is 17.9 Å². The molecule has 2 heterocycles. The maximum absolute atomic E-state index is 13.2. The highest BCUT2D eigenvalue weighted by Gasteiger charge is 2.32. The molecule has 2 aliphatic heterocycles. The molecule has 0 saturated carbocycles. The minimum absolute atomic E-state index is 0. The molecule has 2 fully saturated rings. The van der Waals surface area contributed by atoms with Gasteiger partial charge in [0, 0.05) is 31.1 Å². The van der Waals surface area contributed by atoms with Crippen molar-refractivity contribution in [1.82, 2.24) is 10.2 Å². The number of likely N-dealkylation sites (tertiary alicyclic amines) is 1. The minimum atomic E-state index is -0.233. The van der Waals surface area contributed by atoms with Crippen LogP contribution in [0.2, 0.25) is 0 Å². The maximum Gasteiger partial charge on any atom is 0.225 e. The van der Waals surface area contributed by atoms with Gasteiger partial charge in [-0.1, -0.05) is 19.1 Å². The van der Waals surface area contributed by atoms with Crippen molar-refractivity contribution in [2.45, 2.75) is 44.7 Å². The molecule has 3 nitrogen and oxygen atoms in total. The molecule has 1 amide bonds. The van der Waals surface area contributed by atoms with E-state index in [9.17, 15) is 9.18 Å². The number of halogens is 2. The summed E-state index contributed by atoms with van der Waals surface area (Å²) >= 11 is 0. The average molecular weight is 327 g/mol. The summed E-state index contributed by atoms with van der Waals surface area (Å²) in [5.74, 6) is -0.125. The van der Waals surface area contributed by atoms with Crippen LogP contribution in [0, 0.1) is 11.7 Å². The van der Waals surface area contributed by atoms with Crippen molar-refractivity contribution in [2.24, 2.45) is 5.92 Å². The number of nitrogens with one attached hydrogen (secondary N) is 1. The molecule has 22 heavy (non-hydrogen) atoms. The first kappa shape index (κ1) is 17.2. The van der Waals surface area contributed by atoms with Gasteiger partial charge >= 0.3 is 0 Å². The van der Waals surface area contributed by atoms with Crippen molar-refractivity contribution in [3.05, 3.63) is 35.6 Å². The smallest absolute Gasteiger partial charge is 0.225 e. The van der Waals surface area contributed by atoms with Crippen LogP contribution in [0.4, 0.5) is 4.39 Å². The van der Waals surface area contributed by atoms with Gasteiger partial charge in [-0.3, -0.25) is 4.79 Å². The van der Waals surface area contributed by atoms with Crippen molar-refractivity contribution < 1.29 is 9.18 Å². The van der Waals surface area contributed by atoms with E-state index in [1.165, 1.54) is 25.0 Å². The first-order valence-corrected chi connectivity index (χ1v) is 7.91. The molecule has 0 radical (unpaired) electrons. The molecule has 2 saturated heterocycles. The summed E-state index contributed by atoms with van der Waals surface area (Å²) in [6.07, 6.45) is 4.07. The molecule has 1 aromatic rings. The van der Waals surface area contributed by atoms with Gasteiger partial charge in [0.05, 0.1) is 0 Å². The van der Waals surface area contributed by atoms with Crippen molar-refractivity contribution in [3.8, 4) is 0 Å². The predicted molar refractivity (Wildman–Crippen MR) is 87.7 cm³/mol. The molecule has 3 rings (SSSR count). The number of hydrogen-bond donors (Lipinski definition) is 1. The number of hydrogen-bond acceptors (Lipinski definition) is 2. The summed E-state index contributed by atoms with van der Waals surface area (Å²) in [7, 11) is 0. The maximum atomic E-state index is 13.2. The summed E-state index contributed by atoms with van der Waals surface area (Å²) < 4.78 is 13.2. The zero-order chi connectivity index (χ0) is 14.8. The first-order chi connectivity index (χ1) is 10.1. The Labute approximate surface area is 137 Å². The third-order valence-electron chi connectivity index (χ3n) is 4.69. The molecule has 2 bridgehead atoms. The highest BCUT2D eigenvalue weighted by atomic mass is 35.5. The van der Waals surface area contributed by atoms with Gasteiger partial charge in [-0.15, -0.1) is 12.4 Å². The van der Waals surface area contributed by atoms with Crippen LogP contribution in [-0.2, 0) is 11.2 Å². The first-order valence-electron chi connectivity index (χ1n) is 7.91. The van der Waals surface area contributed by atoms with Crippen molar-refractivity contribution in [3.63, 3.8) is 0 Å². The lowest BCUT2D eigenvalue weighted by Gasteiger charge is -2.27. The molecule has 2 aliphatic rings. The van der Waals surface area contributed by atoms with E-state index in [-0.39, 0.29) is 30.0 Å². The SMILES string of the molecule is CC(Cc1cccc(F)c1)C(=O)N1CCC2CCC(C1)N2.Cl. The van der Waals surface area contributed by atoms with Crippen molar-refractivity contribution in [1.29, 1.82) is 0 Å². The Hall–Kier alpha value is -1.13. The zero-order valence-corrected chi connectivity index (χ0v) is 13.7. The van der Waals surface area contributed by atoms with Crippen LogP contribution in [0.1, 0.15) is 31.7 Å². The predicted octanol–water partition coefficient (Wildman–Crippen LogP) is 2.78. The van der Waals surface area contributed by atoms with Gasteiger partial charge in [0.15, 0.2) is 0 Å². The van der Waals surface area contributed by atoms with Crippen LogP contribution in [0.5, 0.6) is 0 Å². The van der Waals surface area contributed by atoms with Gasteiger partial charge < -0.3 is 10.2 Å². The fourth-order valence-corrected chi connectivity index (χ4v) is 3.56. The van der Waals surface area contributed by atoms with Crippen LogP contribution in [-0.4, -0.2) is 36.0 Å². The molecular weight excluding hydrogens is 303 g/mol. The summed E-state index contributed by atoms with van der Waals surface area (Å²) in [4.78, 5) is 14.6. The van der Waals surface area contributed by atoms with Crippen LogP contribution < -0.4 is 5.32 Å². The molecule has 5 heteroatoms. The Balaban J connectivity index is 0.00000176. The van der Waals surface area contributed by atoms with Gasteiger partial charge in [-0.25, -0.2) is 4.39 Å². The second-order valence-corrected chi connectivity index (χ2v) is 6.45. The zero-order valence-electron chi connectivity index (χ0n) is 12.9. The number of benzene rings is 1. The number of amides is 1. The Bertz CT molecular complexity index is 525. The largest absolute Gasteiger partial charge is 0.341 e. The normalized spacial score (nSPS) is 25.3. The molecule has 3 unspecified atom stereocenters. The summed E-state index contributed by atoms with van der Waals surface area (Å²) in [6.45, 7) is 3.62. The van der Waals surface area contributed by atoms with Crippen molar-refractivity contribution in [2.75, 3.05) is 13.1 Å². The van der Waals surface area contributed by atoms with Gasteiger partial charge in [0.2, 0.25) is 5.91 Å². The lowest BCUT2D eigenvalue weighted by Crippen LogP contribution is -2.41. The number of nitrogens with zero attached hydrogens (tertiary/aromatic N) is 1. The van der Waals surface area contributed by atoms with Crippen LogP contribution in [0.25, 0.3) is 0 Å². The summed E-state index contributed by atoms with van der Waals surface area (Å²) in [5.41, 5.74) is 0.894. The van der Waals surface area contributed by atoms with Gasteiger partial charge in [0.1, 0.15) is 5.82 Å². The van der Waals surface area contributed by atoms with E-state index in [2.05, 4.69) is 5.32 Å². The van der Waals surface area contributed by atoms with E-state index < -0.39 is 0 Å². The number of rotatable bonds is 3. The fourth-order valence-electron chi connectivity index (χ4n) is 3.56. The monoisotopic (exact) mass is 326 g/mol. The van der Waals surface area contributed by atoms with E-state index in [4.69, 9.17) is 0 Å². The lowest BCUT2D eigenvalue weighted by molar-refractivity contribution is -0.135. The number of carbonyl (C=O) groups excluding carboxylic acids is 1. The highest BCUT2D eigenvalue weighted by Crippen LogP contribution is 2.22. The number of carbonyl (C=O) groups is 1. The topological polar surface area (TPSA) is 32.3 Å². The third-order valence-corrected chi connectivity index (χ3v) is 4.69. The molecule has 0 spiro atoms. The Morgan fingerprint density at radius 1 is 1.36 bits per heavy atom. The standard InChI is InChI=1S/C17H23FN2O.ClH/c1-12(9-13-3-2-4-14(18)10-13)17(21)20-8-7-15-5-6-16(11-20)19-15;/h2-4,10,12,15-16,19H,5-9,11H2,1H3;1H. The molecule has 3 atom stereocenters. The van der Waals surface area contributed by atoms with Gasteiger partial charge in [-0.05, 0) is 43.4 Å². The molecule has 122 valence electrons. The van der Waals surface area contributed by atoms with Crippen LogP contribution >= 0.6 is 12.4 Å². The Kier molecular flexibility index (Phi) is 5.81. The lowest BCUT2D eigenvalue weighted by atomic mass is 9.98. The summed E-state index contributed by atoms with van der Waals surface area (Å²) in [6, 6.07) is 7.60. The van der Waals surface area contributed by atoms with E-state index in [0.29, 0.717) is 18.5 Å². The minimum Gasteiger partial charge on any atom is -0.341 e. The highest BCUT2D eigenvalue weighted by molar-refractivity contribution is 5.85. The van der Waals surface area contributed by atoms with E-state index in [0.717, 1.165) is 25.1 Å². The third kappa shape index (κ3) is 3.99. The Morgan fingerprint density at radius 2 is 2.14 bits per heavy atom. The van der Waals surface area contributed by atoms with Gasteiger partial charge in [0.25, 0.3) is 0 Å². The number of fused-ring (bicyclic) bond motifs is 2. The molecule has 0 aliphatic carbocycles. The molecule has 1 N–H and O–H groups in total.